The van der Waals surface area contributed by atoms with Crippen LogP contribution >= 0.6 is 0 Å². The van der Waals surface area contributed by atoms with Crippen molar-refractivity contribution in [3.8, 4) is 11.1 Å². The molecule has 116 valence electrons. The third kappa shape index (κ3) is 2.77. The van der Waals surface area contributed by atoms with Crippen molar-refractivity contribution >= 4 is 16.6 Å². The summed E-state index contributed by atoms with van der Waals surface area (Å²) in [5.74, 6) is 0.612. The highest BCUT2D eigenvalue weighted by Crippen LogP contribution is 2.29. The maximum atomic E-state index is 12.2. The van der Waals surface area contributed by atoms with E-state index in [0.29, 0.717) is 12.2 Å². The largest absolute Gasteiger partial charge is 0.299 e. The molecule has 1 aromatic carbocycles. The van der Waals surface area contributed by atoms with Gasteiger partial charge in [0.05, 0.1) is 6.20 Å². The van der Waals surface area contributed by atoms with E-state index in [1.165, 1.54) is 6.42 Å². The third-order valence-corrected chi connectivity index (χ3v) is 4.73. The molecule has 0 atom stereocenters. The number of carbonyl (C=O) groups excluding carboxylic acids is 1. The van der Waals surface area contributed by atoms with Crippen LogP contribution in [0.5, 0.6) is 0 Å². The lowest BCUT2D eigenvalue weighted by Crippen LogP contribution is -2.23. The summed E-state index contributed by atoms with van der Waals surface area (Å²) < 4.78 is 1.80. The fourth-order valence-corrected chi connectivity index (χ4v) is 3.09. The molecule has 3 aromatic rings. The molecule has 1 saturated carbocycles. The number of fused-ring (bicyclic) bond motifs is 1. The number of rotatable bonds is 4. The molecule has 1 aliphatic carbocycles. The van der Waals surface area contributed by atoms with Crippen LogP contribution in [0.1, 0.15) is 25.0 Å². The number of hydrogen-bond acceptors (Lipinski definition) is 3. The van der Waals surface area contributed by atoms with Crippen molar-refractivity contribution in [2.45, 2.75) is 25.7 Å². The Kier molecular flexibility index (Phi) is 3.45. The van der Waals surface area contributed by atoms with Crippen molar-refractivity contribution in [1.82, 2.24) is 14.8 Å². The number of aromatic nitrogens is 3. The number of aryl methyl sites for hydroxylation is 1. The van der Waals surface area contributed by atoms with Crippen molar-refractivity contribution in [1.29, 1.82) is 0 Å². The molecular weight excluding hydrogens is 286 g/mol. The van der Waals surface area contributed by atoms with E-state index < -0.39 is 0 Å². The van der Waals surface area contributed by atoms with Gasteiger partial charge < -0.3 is 0 Å². The number of hydrogen-bond donors (Lipinski definition) is 0. The first-order valence-corrected chi connectivity index (χ1v) is 8.09. The molecule has 0 bridgehead atoms. The fraction of sp³-hybridized carbons (Fsp3) is 0.316. The van der Waals surface area contributed by atoms with Crippen LogP contribution in [0.25, 0.3) is 21.9 Å². The van der Waals surface area contributed by atoms with Crippen LogP contribution in [0.15, 0.2) is 42.9 Å². The van der Waals surface area contributed by atoms with Crippen LogP contribution < -0.4 is 0 Å². The number of benzene rings is 1. The van der Waals surface area contributed by atoms with Crippen LogP contribution in [-0.4, -0.2) is 20.5 Å². The molecule has 0 spiro atoms. The Morgan fingerprint density at radius 3 is 2.74 bits per heavy atom. The monoisotopic (exact) mass is 305 g/mol. The minimum atomic E-state index is 0.272. The Balaban J connectivity index is 1.65. The molecule has 0 amide bonds. The van der Waals surface area contributed by atoms with E-state index in [2.05, 4.69) is 28.3 Å². The predicted molar refractivity (Wildman–Crippen MR) is 90.0 cm³/mol. The number of Topliss-reactive ketones (excluding diaryl/α,β-unsaturated/α-hetero) is 1. The molecule has 0 saturated heterocycles. The lowest BCUT2D eigenvalue weighted by molar-refractivity contribution is -0.124. The molecule has 4 heteroatoms. The van der Waals surface area contributed by atoms with Gasteiger partial charge in [0, 0.05) is 48.4 Å². The Hall–Kier alpha value is -2.49. The molecule has 1 aliphatic rings. The zero-order chi connectivity index (χ0) is 15.8. The van der Waals surface area contributed by atoms with Gasteiger partial charge in [-0.3, -0.25) is 14.5 Å². The maximum absolute atomic E-state index is 12.2. The standard InChI is InChI=1S/C19H19N3O/c1-22-12-17(11-21-22)14-5-6-15-10-20-18(8-16(15)7-14)9-19(23)13-3-2-4-13/h5-8,10-13H,2-4,9H2,1H3. The minimum absolute atomic E-state index is 0.272. The Morgan fingerprint density at radius 1 is 1.17 bits per heavy atom. The van der Waals surface area contributed by atoms with Gasteiger partial charge in [0.1, 0.15) is 5.78 Å². The van der Waals surface area contributed by atoms with E-state index in [-0.39, 0.29) is 5.92 Å². The first-order valence-electron chi connectivity index (χ1n) is 8.09. The fourth-order valence-electron chi connectivity index (χ4n) is 3.09. The predicted octanol–water partition coefficient (Wildman–Crippen LogP) is 3.55. The average Bonchev–Trinajstić information content (AvgIpc) is 2.91. The van der Waals surface area contributed by atoms with Gasteiger partial charge in [-0.25, -0.2) is 0 Å². The van der Waals surface area contributed by atoms with Crippen molar-refractivity contribution in [3.63, 3.8) is 0 Å². The Morgan fingerprint density at radius 2 is 2.04 bits per heavy atom. The molecule has 0 aliphatic heterocycles. The topological polar surface area (TPSA) is 47.8 Å². The van der Waals surface area contributed by atoms with Gasteiger partial charge in [-0.1, -0.05) is 18.6 Å². The van der Waals surface area contributed by atoms with Gasteiger partial charge in [0.25, 0.3) is 0 Å². The van der Waals surface area contributed by atoms with Crippen molar-refractivity contribution in [2.75, 3.05) is 0 Å². The Labute approximate surface area is 135 Å². The quantitative estimate of drug-likeness (QED) is 0.740. The van der Waals surface area contributed by atoms with Crippen LogP contribution in [0.3, 0.4) is 0 Å². The van der Waals surface area contributed by atoms with Crippen LogP contribution in [-0.2, 0) is 18.3 Å². The molecule has 0 unspecified atom stereocenters. The summed E-state index contributed by atoms with van der Waals surface area (Å²) >= 11 is 0. The molecule has 2 aromatic heterocycles. The van der Waals surface area contributed by atoms with E-state index in [1.54, 1.807) is 4.68 Å². The van der Waals surface area contributed by atoms with Gasteiger partial charge >= 0.3 is 0 Å². The summed E-state index contributed by atoms with van der Waals surface area (Å²) in [6.45, 7) is 0. The van der Waals surface area contributed by atoms with Crippen LogP contribution in [0, 0.1) is 5.92 Å². The summed E-state index contributed by atoms with van der Waals surface area (Å²) in [4.78, 5) is 16.6. The summed E-state index contributed by atoms with van der Waals surface area (Å²) in [6.07, 6.45) is 9.49. The minimum Gasteiger partial charge on any atom is -0.299 e. The highest BCUT2D eigenvalue weighted by Gasteiger charge is 2.25. The second-order valence-corrected chi connectivity index (χ2v) is 6.41. The first kappa shape index (κ1) is 14.1. The van der Waals surface area contributed by atoms with E-state index in [1.807, 2.05) is 31.7 Å². The smallest absolute Gasteiger partial charge is 0.141 e. The number of carbonyl (C=O) groups is 1. The molecule has 0 radical (unpaired) electrons. The van der Waals surface area contributed by atoms with Crippen molar-refractivity contribution in [2.24, 2.45) is 13.0 Å². The molecule has 2 heterocycles. The Bertz CT molecular complexity index is 877. The molecule has 4 rings (SSSR count). The van der Waals surface area contributed by atoms with E-state index >= 15 is 0 Å². The lowest BCUT2D eigenvalue weighted by atomic mass is 9.81. The van der Waals surface area contributed by atoms with Gasteiger partial charge in [0.15, 0.2) is 0 Å². The van der Waals surface area contributed by atoms with Crippen LogP contribution in [0.2, 0.25) is 0 Å². The molecule has 0 N–H and O–H groups in total. The lowest BCUT2D eigenvalue weighted by Gasteiger charge is -2.23. The van der Waals surface area contributed by atoms with Gasteiger partial charge in [0.2, 0.25) is 0 Å². The summed E-state index contributed by atoms with van der Waals surface area (Å²) in [5.41, 5.74) is 3.10. The second-order valence-electron chi connectivity index (χ2n) is 6.41. The number of nitrogens with zero attached hydrogens (tertiary/aromatic N) is 3. The number of pyridine rings is 1. The van der Waals surface area contributed by atoms with Crippen molar-refractivity contribution in [3.05, 3.63) is 48.5 Å². The van der Waals surface area contributed by atoms with E-state index in [0.717, 1.165) is 40.4 Å². The van der Waals surface area contributed by atoms with Crippen LogP contribution in [0.4, 0.5) is 0 Å². The van der Waals surface area contributed by atoms with Gasteiger partial charge in [-0.2, -0.15) is 5.10 Å². The first-order chi connectivity index (χ1) is 11.2. The number of ketones is 1. The molecular formula is C19H19N3O. The molecule has 4 nitrogen and oxygen atoms in total. The van der Waals surface area contributed by atoms with E-state index in [4.69, 9.17) is 0 Å². The summed E-state index contributed by atoms with van der Waals surface area (Å²) in [7, 11) is 1.92. The maximum Gasteiger partial charge on any atom is 0.141 e. The summed E-state index contributed by atoms with van der Waals surface area (Å²) in [5, 5.41) is 6.44. The molecule has 23 heavy (non-hydrogen) atoms. The SMILES string of the molecule is Cn1cc(-c2ccc3cnc(CC(=O)C4CCC4)cc3c2)cn1. The van der Waals surface area contributed by atoms with Gasteiger partial charge in [-0.05, 0) is 35.9 Å². The average molecular weight is 305 g/mol. The van der Waals surface area contributed by atoms with Crippen molar-refractivity contribution < 1.29 is 4.79 Å². The zero-order valence-electron chi connectivity index (χ0n) is 13.2. The molecule has 1 fully saturated rings. The zero-order valence-corrected chi connectivity index (χ0v) is 13.2. The van der Waals surface area contributed by atoms with E-state index in [9.17, 15) is 4.79 Å². The normalized spacial score (nSPS) is 14.8. The highest BCUT2D eigenvalue weighted by atomic mass is 16.1. The second kappa shape index (κ2) is 5.61. The highest BCUT2D eigenvalue weighted by molar-refractivity contribution is 5.88. The summed E-state index contributed by atoms with van der Waals surface area (Å²) in [6, 6.07) is 8.35. The van der Waals surface area contributed by atoms with Gasteiger partial charge in [-0.15, -0.1) is 0 Å². The third-order valence-electron chi connectivity index (χ3n) is 4.73.